The van der Waals surface area contributed by atoms with Crippen molar-refractivity contribution < 1.29 is 8.42 Å². The summed E-state index contributed by atoms with van der Waals surface area (Å²) in [5.41, 5.74) is 4.53. The summed E-state index contributed by atoms with van der Waals surface area (Å²) in [6, 6.07) is 5.93. The van der Waals surface area contributed by atoms with Crippen LogP contribution in [0.3, 0.4) is 0 Å². The van der Waals surface area contributed by atoms with Gasteiger partial charge in [0.05, 0.1) is 0 Å². The normalized spacial score (nSPS) is 17.1. The monoisotopic (exact) mass is 331 g/mol. The molecule has 23 heavy (non-hydrogen) atoms. The van der Waals surface area contributed by atoms with Crippen molar-refractivity contribution in [1.82, 2.24) is 9.47 Å². The molecule has 0 spiro atoms. The van der Waals surface area contributed by atoms with Gasteiger partial charge in [-0.3, -0.25) is 0 Å². The molecule has 5 nitrogen and oxygen atoms in total. The van der Waals surface area contributed by atoms with E-state index < -0.39 is 10.0 Å². The van der Waals surface area contributed by atoms with E-state index in [-0.39, 0.29) is 0 Å². The molecule has 2 heterocycles. The van der Waals surface area contributed by atoms with Crippen molar-refractivity contribution in [3.63, 3.8) is 0 Å². The first kappa shape index (κ1) is 16.0. The minimum absolute atomic E-state index is 0.826. The average Bonchev–Trinajstić information content (AvgIpc) is 2.82. The number of nitrogens with two attached hydrogens (primary N) is 1. The summed E-state index contributed by atoms with van der Waals surface area (Å²) in [5.74, 6) is 0. The van der Waals surface area contributed by atoms with Gasteiger partial charge in [-0.25, -0.2) is 13.6 Å². The number of likely N-dealkylation sites (N-methyl/N-ethyl adjacent to an activating group) is 1. The molecule has 1 aromatic carbocycles. The maximum Gasteiger partial charge on any atom is 0.231 e. The molecular weight excluding hydrogens is 310 g/mol. The highest BCUT2D eigenvalue weighted by molar-refractivity contribution is 7.92. The second-order valence-corrected chi connectivity index (χ2v) is 7.51. The maximum atomic E-state index is 11.1. The van der Waals surface area contributed by atoms with Gasteiger partial charge in [0.1, 0.15) is 0 Å². The van der Waals surface area contributed by atoms with Crippen LogP contribution in [0.2, 0.25) is 0 Å². The summed E-state index contributed by atoms with van der Waals surface area (Å²) in [7, 11) is 0.537. The van der Waals surface area contributed by atoms with Gasteiger partial charge in [0, 0.05) is 48.2 Å². The van der Waals surface area contributed by atoms with Crippen LogP contribution in [0, 0.1) is 0 Å². The van der Waals surface area contributed by atoms with Crippen molar-refractivity contribution in [2.45, 2.75) is 6.42 Å². The Hall–Kier alpha value is -1.89. The van der Waals surface area contributed by atoms with Crippen LogP contribution < -0.4 is 5.14 Å². The van der Waals surface area contributed by atoms with Crippen LogP contribution in [-0.4, -0.2) is 38.0 Å². The van der Waals surface area contributed by atoms with Crippen molar-refractivity contribution in [1.29, 1.82) is 0 Å². The number of hydrogen-bond donors (Lipinski definition) is 1. The molecule has 0 fully saturated rings. The fourth-order valence-corrected chi connectivity index (χ4v) is 3.30. The van der Waals surface area contributed by atoms with E-state index in [1.807, 2.05) is 25.2 Å². The molecule has 0 saturated heterocycles. The van der Waals surface area contributed by atoms with Crippen LogP contribution >= 0.6 is 0 Å². The Labute approximate surface area is 136 Å². The first-order valence-electron chi connectivity index (χ1n) is 7.51. The predicted octanol–water partition coefficient (Wildman–Crippen LogP) is 2.16. The quantitative estimate of drug-likeness (QED) is 0.937. The summed E-state index contributed by atoms with van der Waals surface area (Å²) >= 11 is 0. The molecule has 122 valence electrons. The van der Waals surface area contributed by atoms with E-state index in [2.05, 4.69) is 28.8 Å². The number of aryl methyl sites for hydroxylation is 1. The van der Waals surface area contributed by atoms with Crippen molar-refractivity contribution in [3.8, 4) is 0 Å². The van der Waals surface area contributed by atoms with Gasteiger partial charge in [0.25, 0.3) is 0 Å². The number of primary sulfonamides is 1. The molecule has 0 saturated carbocycles. The summed E-state index contributed by atoms with van der Waals surface area (Å²) in [6.45, 7) is 2.00. The van der Waals surface area contributed by atoms with Gasteiger partial charge in [-0.2, -0.15) is 0 Å². The summed E-state index contributed by atoms with van der Waals surface area (Å²) in [4.78, 5) is 2.29. The van der Waals surface area contributed by atoms with Gasteiger partial charge in [0.15, 0.2) is 0 Å². The summed E-state index contributed by atoms with van der Waals surface area (Å²) in [5, 5.41) is 7.20. The lowest BCUT2D eigenvalue weighted by atomic mass is 9.98. The zero-order chi connectivity index (χ0) is 16.6. The molecule has 0 aliphatic carbocycles. The van der Waals surface area contributed by atoms with E-state index in [1.165, 1.54) is 17.2 Å². The molecule has 2 aromatic rings. The number of fused-ring (bicyclic) bond motifs is 1. The van der Waals surface area contributed by atoms with E-state index in [9.17, 15) is 8.42 Å². The third kappa shape index (κ3) is 3.55. The van der Waals surface area contributed by atoms with Gasteiger partial charge in [-0.15, -0.1) is 0 Å². The molecular formula is C17H21N3O2S. The van der Waals surface area contributed by atoms with Gasteiger partial charge < -0.3 is 9.47 Å². The number of nitrogens with zero attached hydrogens (tertiary/aromatic N) is 2. The Morgan fingerprint density at radius 3 is 2.70 bits per heavy atom. The predicted molar refractivity (Wildman–Crippen MR) is 95.2 cm³/mol. The zero-order valence-corrected chi connectivity index (χ0v) is 14.2. The van der Waals surface area contributed by atoms with E-state index in [1.54, 1.807) is 0 Å². The molecule has 1 aliphatic heterocycles. The number of benzene rings is 1. The van der Waals surface area contributed by atoms with Crippen LogP contribution in [0.1, 0.15) is 17.5 Å². The maximum absolute atomic E-state index is 11.1. The molecule has 1 aromatic heterocycles. The molecule has 0 amide bonds. The van der Waals surface area contributed by atoms with Gasteiger partial charge in [-0.1, -0.05) is 12.1 Å². The van der Waals surface area contributed by atoms with E-state index in [0.29, 0.717) is 0 Å². The Morgan fingerprint density at radius 1 is 1.26 bits per heavy atom. The lowest BCUT2D eigenvalue weighted by molar-refractivity contribution is 0.370. The zero-order valence-electron chi connectivity index (χ0n) is 13.4. The summed E-state index contributed by atoms with van der Waals surface area (Å²) < 4.78 is 24.3. The topological polar surface area (TPSA) is 68.3 Å². The third-order valence-corrected chi connectivity index (χ3v) is 4.74. The molecule has 6 heteroatoms. The van der Waals surface area contributed by atoms with Crippen LogP contribution in [-0.2, 0) is 17.1 Å². The largest absolute Gasteiger partial charge is 0.350 e. The van der Waals surface area contributed by atoms with Gasteiger partial charge in [-0.05, 0) is 42.8 Å². The van der Waals surface area contributed by atoms with Crippen molar-refractivity contribution in [2.75, 3.05) is 20.1 Å². The number of sulfonamides is 1. The fourth-order valence-electron chi connectivity index (χ4n) is 2.96. The lowest BCUT2D eigenvalue weighted by Gasteiger charge is -2.21. The third-order valence-electron chi connectivity index (χ3n) is 4.22. The molecule has 2 N–H and O–H groups in total. The average molecular weight is 331 g/mol. The molecule has 3 rings (SSSR count). The first-order valence-corrected chi connectivity index (χ1v) is 9.12. The van der Waals surface area contributed by atoms with E-state index in [0.717, 1.165) is 41.4 Å². The van der Waals surface area contributed by atoms with Crippen LogP contribution in [0.4, 0.5) is 0 Å². The van der Waals surface area contributed by atoms with Crippen molar-refractivity contribution in [2.24, 2.45) is 12.2 Å². The highest BCUT2D eigenvalue weighted by atomic mass is 32.2. The highest BCUT2D eigenvalue weighted by Gasteiger charge is 2.14. The van der Waals surface area contributed by atoms with Crippen LogP contribution in [0.15, 0.2) is 35.9 Å². The van der Waals surface area contributed by atoms with E-state index in [4.69, 9.17) is 5.14 Å². The highest BCUT2D eigenvalue weighted by Crippen LogP contribution is 2.31. The summed E-state index contributed by atoms with van der Waals surface area (Å²) in [6.07, 6.45) is 6.97. The van der Waals surface area contributed by atoms with Crippen LogP contribution in [0.5, 0.6) is 0 Å². The van der Waals surface area contributed by atoms with Gasteiger partial charge >= 0.3 is 0 Å². The van der Waals surface area contributed by atoms with Gasteiger partial charge in [0.2, 0.25) is 10.0 Å². The second-order valence-electron chi connectivity index (χ2n) is 6.06. The Kier molecular flexibility index (Phi) is 4.14. The van der Waals surface area contributed by atoms with Crippen molar-refractivity contribution in [3.05, 3.63) is 47.0 Å². The SMILES string of the molecule is CN1CC=C(c2cn(C)c3ccc(/C=C/S(N)(=O)=O)cc23)CC1. The minimum Gasteiger partial charge on any atom is -0.350 e. The lowest BCUT2D eigenvalue weighted by Crippen LogP contribution is -2.23. The first-order chi connectivity index (χ1) is 10.8. The standard InChI is InChI=1S/C17H21N3O2S/c1-19-8-5-14(6-9-19)16-12-20(2)17-4-3-13(11-15(16)17)7-10-23(18,21)22/h3-5,7,10-12H,6,8-9H2,1-2H3,(H2,18,21,22)/b10-7+. The van der Waals surface area contributed by atoms with Crippen molar-refractivity contribution >= 4 is 32.6 Å². The molecule has 1 aliphatic rings. The minimum atomic E-state index is -3.61. The number of aromatic nitrogens is 1. The fraction of sp³-hybridized carbons (Fsp3) is 0.294. The van der Waals surface area contributed by atoms with Crippen LogP contribution in [0.25, 0.3) is 22.6 Å². The molecule has 0 bridgehead atoms. The Bertz CT molecular complexity index is 907. The number of rotatable bonds is 3. The Balaban J connectivity index is 2.07. The molecule has 0 radical (unpaired) electrons. The second kappa shape index (κ2) is 5.96. The Morgan fingerprint density at radius 2 is 2.04 bits per heavy atom. The number of hydrogen-bond acceptors (Lipinski definition) is 3. The smallest absolute Gasteiger partial charge is 0.231 e. The van der Waals surface area contributed by atoms with E-state index >= 15 is 0 Å². The molecule has 0 unspecified atom stereocenters. The molecule has 0 atom stereocenters.